The van der Waals surface area contributed by atoms with Gasteiger partial charge in [-0.25, -0.2) is 4.39 Å². The van der Waals surface area contributed by atoms with E-state index in [1.807, 2.05) is 26.0 Å². The minimum absolute atomic E-state index is 0.268. The van der Waals surface area contributed by atoms with E-state index in [2.05, 4.69) is 21.2 Å². The molecule has 1 unspecified atom stereocenters. The van der Waals surface area contributed by atoms with Gasteiger partial charge >= 0.3 is 0 Å². The molecular formula is C16H17BrFNO. The van der Waals surface area contributed by atoms with Crippen LogP contribution in [-0.4, -0.2) is 11.7 Å². The van der Waals surface area contributed by atoms with E-state index in [9.17, 15) is 9.50 Å². The SMILES string of the molecule is Cc1cc(Br)cc(C)c1NCC(O)c1ccccc1F. The van der Waals surface area contributed by atoms with Crippen molar-refractivity contribution in [3.63, 3.8) is 0 Å². The van der Waals surface area contributed by atoms with E-state index >= 15 is 0 Å². The lowest BCUT2D eigenvalue weighted by molar-refractivity contribution is 0.186. The van der Waals surface area contributed by atoms with Crippen molar-refractivity contribution in [1.82, 2.24) is 0 Å². The quantitative estimate of drug-likeness (QED) is 0.869. The first-order valence-corrected chi connectivity index (χ1v) is 7.21. The van der Waals surface area contributed by atoms with Crippen LogP contribution in [0.2, 0.25) is 0 Å². The van der Waals surface area contributed by atoms with Gasteiger partial charge in [0.15, 0.2) is 0 Å². The predicted octanol–water partition coefficient (Wildman–Crippen LogP) is 4.35. The van der Waals surface area contributed by atoms with Crippen LogP contribution in [0, 0.1) is 19.7 Å². The number of nitrogens with one attached hydrogen (secondary N) is 1. The summed E-state index contributed by atoms with van der Waals surface area (Å²) in [6.45, 7) is 4.26. The van der Waals surface area contributed by atoms with Crippen LogP contribution in [0.25, 0.3) is 0 Å². The molecule has 0 fully saturated rings. The Labute approximate surface area is 126 Å². The number of aryl methyl sites for hydroxylation is 2. The summed E-state index contributed by atoms with van der Waals surface area (Å²) in [5.41, 5.74) is 3.45. The van der Waals surface area contributed by atoms with Crippen LogP contribution in [0.5, 0.6) is 0 Å². The maximum Gasteiger partial charge on any atom is 0.129 e. The van der Waals surface area contributed by atoms with Gasteiger partial charge in [0.1, 0.15) is 5.82 Å². The Morgan fingerprint density at radius 1 is 1.20 bits per heavy atom. The monoisotopic (exact) mass is 337 g/mol. The Hall–Kier alpha value is -1.39. The highest BCUT2D eigenvalue weighted by Crippen LogP contribution is 2.26. The van der Waals surface area contributed by atoms with E-state index in [0.717, 1.165) is 21.3 Å². The molecule has 2 rings (SSSR count). The van der Waals surface area contributed by atoms with Gasteiger partial charge in [-0.05, 0) is 43.2 Å². The summed E-state index contributed by atoms with van der Waals surface area (Å²) in [6, 6.07) is 10.3. The average Bonchev–Trinajstić information content (AvgIpc) is 2.37. The van der Waals surface area contributed by atoms with Gasteiger partial charge in [0.2, 0.25) is 0 Å². The second-order valence-corrected chi connectivity index (χ2v) is 5.75. The fraction of sp³-hybridized carbons (Fsp3) is 0.250. The zero-order valence-electron chi connectivity index (χ0n) is 11.5. The molecule has 2 N–H and O–H groups in total. The average molecular weight is 338 g/mol. The second kappa shape index (κ2) is 6.37. The summed E-state index contributed by atoms with van der Waals surface area (Å²) < 4.78 is 14.6. The maximum absolute atomic E-state index is 13.6. The molecule has 2 aromatic carbocycles. The molecule has 0 spiro atoms. The van der Waals surface area contributed by atoms with Crippen LogP contribution in [0.1, 0.15) is 22.8 Å². The van der Waals surface area contributed by atoms with Gasteiger partial charge in [-0.1, -0.05) is 34.1 Å². The number of rotatable bonds is 4. The van der Waals surface area contributed by atoms with E-state index in [-0.39, 0.29) is 12.4 Å². The molecule has 4 heteroatoms. The Balaban J connectivity index is 2.12. The van der Waals surface area contributed by atoms with Crippen LogP contribution < -0.4 is 5.32 Å². The molecule has 0 saturated carbocycles. The fourth-order valence-corrected chi connectivity index (χ4v) is 2.93. The largest absolute Gasteiger partial charge is 0.386 e. The Morgan fingerprint density at radius 2 is 1.80 bits per heavy atom. The number of hydrogen-bond donors (Lipinski definition) is 2. The van der Waals surface area contributed by atoms with Crippen molar-refractivity contribution in [1.29, 1.82) is 0 Å². The Morgan fingerprint density at radius 3 is 2.40 bits per heavy atom. The Kier molecular flexibility index (Phi) is 4.78. The highest BCUT2D eigenvalue weighted by Gasteiger charge is 2.13. The maximum atomic E-state index is 13.6. The zero-order chi connectivity index (χ0) is 14.7. The summed E-state index contributed by atoms with van der Waals surface area (Å²) in [6.07, 6.45) is -0.876. The molecule has 20 heavy (non-hydrogen) atoms. The van der Waals surface area contributed by atoms with Gasteiger partial charge in [-0.15, -0.1) is 0 Å². The summed E-state index contributed by atoms with van der Waals surface area (Å²) in [5, 5.41) is 13.3. The van der Waals surface area contributed by atoms with E-state index < -0.39 is 6.10 Å². The third-order valence-corrected chi connectivity index (χ3v) is 3.69. The number of halogens is 2. The van der Waals surface area contributed by atoms with Crippen LogP contribution >= 0.6 is 15.9 Å². The topological polar surface area (TPSA) is 32.3 Å². The third-order valence-electron chi connectivity index (χ3n) is 3.23. The molecule has 0 amide bonds. The van der Waals surface area contributed by atoms with Crippen LogP contribution in [0.4, 0.5) is 10.1 Å². The lowest BCUT2D eigenvalue weighted by Gasteiger charge is -2.17. The van der Waals surface area contributed by atoms with Crippen molar-refractivity contribution in [2.45, 2.75) is 20.0 Å². The number of aliphatic hydroxyl groups is 1. The summed E-state index contributed by atoms with van der Waals surface area (Å²) in [5.74, 6) is -0.383. The second-order valence-electron chi connectivity index (χ2n) is 4.83. The van der Waals surface area contributed by atoms with E-state index in [4.69, 9.17) is 0 Å². The smallest absolute Gasteiger partial charge is 0.129 e. The first-order chi connectivity index (χ1) is 9.49. The molecule has 0 heterocycles. The molecule has 1 atom stereocenters. The van der Waals surface area contributed by atoms with Crippen molar-refractivity contribution in [2.24, 2.45) is 0 Å². The van der Waals surface area contributed by atoms with Gasteiger partial charge in [0.05, 0.1) is 6.10 Å². The van der Waals surface area contributed by atoms with Gasteiger partial charge in [-0.3, -0.25) is 0 Å². The number of anilines is 1. The van der Waals surface area contributed by atoms with E-state index in [1.165, 1.54) is 6.07 Å². The van der Waals surface area contributed by atoms with Crippen molar-refractivity contribution in [2.75, 3.05) is 11.9 Å². The molecule has 2 nitrogen and oxygen atoms in total. The third kappa shape index (κ3) is 3.38. The molecular weight excluding hydrogens is 321 g/mol. The van der Waals surface area contributed by atoms with Crippen molar-refractivity contribution in [3.8, 4) is 0 Å². The molecule has 0 saturated heterocycles. The number of aliphatic hydroxyl groups excluding tert-OH is 1. The molecule has 106 valence electrons. The first-order valence-electron chi connectivity index (χ1n) is 6.42. The first kappa shape index (κ1) is 15.0. The lowest BCUT2D eigenvalue weighted by Crippen LogP contribution is -2.14. The lowest BCUT2D eigenvalue weighted by atomic mass is 10.1. The summed E-state index contributed by atoms with van der Waals surface area (Å²) >= 11 is 3.45. The van der Waals surface area contributed by atoms with Crippen molar-refractivity contribution in [3.05, 3.63) is 63.4 Å². The Bertz CT molecular complexity index is 592. The number of benzene rings is 2. The van der Waals surface area contributed by atoms with Crippen LogP contribution in [-0.2, 0) is 0 Å². The predicted molar refractivity (Wildman–Crippen MR) is 83.5 cm³/mol. The standard InChI is InChI=1S/C16H17BrFNO/c1-10-7-12(17)8-11(2)16(10)19-9-15(20)13-5-3-4-6-14(13)18/h3-8,15,19-20H,9H2,1-2H3. The van der Waals surface area contributed by atoms with Gasteiger partial charge in [0.25, 0.3) is 0 Å². The molecule has 0 bridgehead atoms. The van der Waals surface area contributed by atoms with Crippen LogP contribution in [0.15, 0.2) is 40.9 Å². The minimum Gasteiger partial charge on any atom is -0.386 e. The van der Waals surface area contributed by atoms with E-state index in [1.54, 1.807) is 18.2 Å². The molecule has 0 aromatic heterocycles. The fourth-order valence-electron chi connectivity index (χ4n) is 2.24. The zero-order valence-corrected chi connectivity index (χ0v) is 13.0. The van der Waals surface area contributed by atoms with Gasteiger partial charge in [0, 0.05) is 22.3 Å². The molecule has 2 aromatic rings. The normalized spacial score (nSPS) is 12.2. The minimum atomic E-state index is -0.876. The molecule has 0 radical (unpaired) electrons. The van der Waals surface area contributed by atoms with Gasteiger partial charge < -0.3 is 10.4 Å². The van der Waals surface area contributed by atoms with Crippen molar-refractivity contribution >= 4 is 21.6 Å². The highest BCUT2D eigenvalue weighted by molar-refractivity contribution is 9.10. The van der Waals surface area contributed by atoms with Gasteiger partial charge in [-0.2, -0.15) is 0 Å². The van der Waals surface area contributed by atoms with E-state index in [0.29, 0.717) is 5.56 Å². The molecule has 0 aliphatic rings. The molecule has 0 aliphatic heterocycles. The summed E-state index contributed by atoms with van der Waals surface area (Å²) in [7, 11) is 0. The van der Waals surface area contributed by atoms with Crippen molar-refractivity contribution < 1.29 is 9.50 Å². The number of hydrogen-bond acceptors (Lipinski definition) is 2. The highest BCUT2D eigenvalue weighted by atomic mass is 79.9. The molecule has 0 aliphatic carbocycles. The van der Waals surface area contributed by atoms with Crippen LogP contribution in [0.3, 0.4) is 0 Å². The summed E-state index contributed by atoms with van der Waals surface area (Å²) in [4.78, 5) is 0.